The Labute approximate surface area is 254 Å². The predicted molar refractivity (Wildman–Crippen MR) is 163 cm³/mol. The molecule has 12 heteroatoms. The van der Waals surface area contributed by atoms with Gasteiger partial charge in [0.15, 0.2) is 0 Å². The SMILES string of the molecule is Cc1ccc2cccc(OCc3c(Cl)ccc(S(=O)(=O)N4CCCC4C(=O)NCc4ccc(C(=N)N)cc4)c3Cl)c2n1. The summed E-state index contributed by atoms with van der Waals surface area (Å²) < 4.78 is 34.9. The first-order valence-electron chi connectivity index (χ1n) is 13.2. The number of fused-ring (bicyclic) bond motifs is 1. The maximum Gasteiger partial charge on any atom is 0.245 e. The molecule has 0 saturated carbocycles. The van der Waals surface area contributed by atoms with Gasteiger partial charge in [0.25, 0.3) is 0 Å². The molecular formula is C30H29Cl2N5O4S. The Morgan fingerprint density at radius 1 is 1.12 bits per heavy atom. The number of benzene rings is 3. The quantitative estimate of drug-likeness (QED) is 0.173. The van der Waals surface area contributed by atoms with Crippen molar-refractivity contribution in [2.24, 2.45) is 5.73 Å². The number of nitrogens with zero attached hydrogens (tertiary/aromatic N) is 2. The molecule has 0 spiro atoms. The van der Waals surface area contributed by atoms with Gasteiger partial charge in [0.2, 0.25) is 15.9 Å². The zero-order valence-corrected chi connectivity index (χ0v) is 25.1. The number of carbonyl (C=O) groups excluding carboxylic acids is 1. The number of sulfonamides is 1. The number of amidine groups is 1. The van der Waals surface area contributed by atoms with Gasteiger partial charge in [0.1, 0.15) is 34.6 Å². The molecule has 0 radical (unpaired) electrons. The van der Waals surface area contributed by atoms with Crippen molar-refractivity contribution in [3.63, 3.8) is 0 Å². The van der Waals surface area contributed by atoms with E-state index in [-0.39, 0.29) is 40.5 Å². The van der Waals surface area contributed by atoms with Crippen LogP contribution in [0.2, 0.25) is 10.0 Å². The van der Waals surface area contributed by atoms with Crippen molar-refractivity contribution in [2.75, 3.05) is 6.54 Å². The Bertz CT molecular complexity index is 1780. The Morgan fingerprint density at radius 2 is 1.88 bits per heavy atom. The maximum atomic E-state index is 13.8. The van der Waals surface area contributed by atoms with Gasteiger partial charge < -0.3 is 15.8 Å². The second kappa shape index (κ2) is 12.3. The number of hydrogen-bond donors (Lipinski definition) is 3. The molecule has 1 saturated heterocycles. The van der Waals surface area contributed by atoms with Crippen molar-refractivity contribution in [2.45, 2.75) is 43.9 Å². The number of halogens is 2. The molecule has 1 aromatic heterocycles. The third-order valence-electron chi connectivity index (χ3n) is 7.17. The van der Waals surface area contributed by atoms with E-state index in [1.165, 1.54) is 16.4 Å². The minimum Gasteiger partial charge on any atom is -0.487 e. The molecule has 42 heavy (non-hydrogen) atoms. The first kappa shape index (κ1) is 29.8. The van der Waals surface area contributed by atoms with Crippen molar-refractivity contribution in [1.29, 1.82) is 5.41 Å². The highest BCUT2D eigenvalue weighted by Gasteiger charge is 2.40. The molecule has 1 fully saturated rings. The summed E-state index contributed by atoms with van der Waals surface area (Å²) in [6, 6.07) is 18.3. The van der Waals surface area contributed by atoms with Crippen molar-refractivity contribution in [3.05, 3.63) is 99.2 Å². The summed E-state index contributed by atoms with van der Waals surface area (Å²) in [5, 5.41) is 11.4. The molecule has 1 atom stereocenters. The number of rotatable bonds is 9. The molecule has 5 rings (SSSR count). The molecule has 1 aliphatic rings. The van der Waals surface area contributed by atoms with Gasteiger partial charge in [-0.25, -0.2) is 13.4 Å². The number of nitrogens with two attached hydrogens (primary N) is 1. The average molecular weight is 627 g/mol. The molecule has 1 aliphatic heterocycles. The molecule has 0 bridgehead atoms. The number of aromatic nitrogens is 1. The standard InChI is InChI=1S/C30H29Cl2N5O4S/c1-18-7-10-20-4-2-6-25(28(20)36-18)41-17-22-23(31)13-14-26(27(22)32)42(39,40)37-15-3-5-24(37)30(38)35-16-19-8-11-21(12-9-19)29(33)34/h2,4,6-14,24H,3,5,15-17H2,1H3,(H3,33,34)(H,35,38). The second-order valence-corrected chi connectivity index (χ2v) is 12.7. The smallest absolute Gasteiger partial charge is 0.245 e. The first-order valence-corrected chi connectivity index (χ1v) is 15.4. The van der Waals surface area contributed by atoms with Crippen LogP contribution >= 0.6 is 23.2 Å². The van der Waals surface area contributed by atoms with E-state index in [1.807, 2.05) is 31.2 Å². The van der Waals surface area contributed by atoms with Crippen molar-refractivity contribution in [3.8, 4) is 5.75 Å². The van der Waals surface area contributed by atoms with Gasteiger partial charge in [0, 0.05) is 40.3 Å². The summed E-state index contributed by atoms with van der Waals surface area (Å²) >= 11 is 13.1. The molecule has 1 unspecified atom stereocenters. The molecule has 0 aliphatic carbocycles. The average Bonchev–Trinajstić information content (AvgIpc) is 3.47. The van der Waals surface area contributed by atoms with Gasteiger partial charge in [-0.1, -0.05) is 65.7 Å². The van der Waals surface area contributed by atoms with Gasteiger partial charge in [-0.15, -0.1) is 0 Å². The van der Waals surface area contributed by atoms with Crippen LogP contribution in [0.3, 0.4) is 0 Å². The highest BCUT2D eigenvalue weighted by atomic mass is 35.5. The molecule has 3 aromatic carbocycles. The Balaban J connectivity index is 1.34. The van der Waals surface area contributed by atoms with Gasteiger partial charge >= 0.3 is 0 Å². The fourth-order valence-electron chi connectivity index (χ4n) is 4.92. The number of pyridine rings is 1. The fourth-order valence-corrected chi connectivity index (χ4v) is 7.44. The third-order valence-corrected chi connectivity index (χ3v) is 10.0. The predicted octanol–water partition coefficient (Wildman–Crippen LogP) is 5.18. The highest BCUT2D eigenvalue weighted by molar-refractivity contribution is 7.89. The number of hydrogen-bond acceptors (Lipinski definition) is 6. The fraction of sp³-hybridized carbons (Fsp3) is 0.233. The van der Waals surface area contributed by atoms with Crippen LogP contribution in [-0.4, -0.2) is 42.0 Å². The van der Waals surface area contributed by atoms with Crippen LogP contribution in [0.15, 0.2) is 71.6 Å². The summed E-state index contributed by atoms with van der Waals surface area (Å²) in [6.07, 6.45) is 0.905. The lowest BCUT2D eigenvalue weighted by atomic mass is 10.1. The van der Waals surface area contributed by atoms with E-state index >= 15 is 0 Å². The lowest BCUT2D eigenvalue weighted by molar-refractivity contribution is -0.124. The zero-order valence-electron chi connectivity index (χ0n) is 22.7. The number of nitrogens with one attached hydrogen (secondary N) is 2. The van der Waals surface area contributed by atoms with Crippen LogP contribution in [0.5, 0.6) is 5.75 Å². The summed E-state index contributed by atoms with van der Waals surface area (Å²) in [4.78, 5) is 17.6. The highest BCUT2D eigenvalue weighted by Crippen LogP contribution is 2.36. The number of ether oxygens (including phenoxy) is 1. The van der Waals surface area contributed by atoms with Crippen LogP contribution in [-0.2, 0) is 28.0 Å². The topological polar surface area (TPSA) is 138 Å². The largest absolute Gasteiger partial charge is 0.487 e. The lowest BCUT2D eigenvalue weighted by Crippen LogP contribution is -2.45. The zero-order chi connectivity index (χ0) is 30.0. The van der Waals surface area contributed by atoms with E-state index in [0.717, 1.165) is 16.6 Å². The molecule has 1 amide bonds. The molecule has 4 aromatic rings. The van der Waals surface area contributed by atoms with Gasteiger partial charge in [-0.05, 0) is 49.6 Å². The molecular weight excluding hydrogens is 597 g/mol. The van der Waals surface area contributed by atoms with Gasteiger partial charge in [-0.2, -0.15) is 4.31 Å². The third kappa shape index (κ3) is 6.07. The number of carbonyl (C=O) groups is 1. The van der Waals surface area contributed by atoms with Crippen molar-refractivity contribution in [1.82, 2.24) is 14.6 Å². The van der Waals surface area contributed by atoms with E-state index in [2.05, 4.69) is 10.3 Å². The van der Waals surface area contributed by atoms with E-state index in [0.29, 0.717) is 35.2 Å². The molecule has 2 heterocycles. The number of aryl methyl sites for hydroxylation is 1. The van der Waals surface area contributed by atoms with Gasteiger partial charge in [-0.3, -0.25) is 10.2 Å². The number of para-hydroxylation sites is 1. The Hall–Kier alpha value is -3.70. The second-order valence-electron chi connectivity index (χ2n) is 10.0. The van der Waals surface area contributed by atoms with Crippen LogP contribution in [0.4, 0.5) is 0 Å². The van der Waals surface area contributed by atoms with E-state index < -0.39 is 22.0 Å². The van der Waals surface area contributed by atoms with E-state index in [4.69, 9.17) is 39.1 Å². The minimum absolute atomic E-state index is 0.0476. The van der Waals surface area contributed by atoms with Crippen LogP contribution < -0.4 is 15.8 Å². The van der Waals surface area contributed by atoms with Crippen LogP contribution in [0.1, 0.15) is 35.2 Å². The summed E-state index contributed by atoms with van der Waals surface area (Å²) in [7, 11) is -4.15. The van der Waals surface area contributed by atoms with Gasteiger partial charge in [0.05, 0.1) is 5.02 Å². The molecule has 218 valence electrons. The first-order chi connectivity index (χ1) is 20.1. The monoisotopic (exact) mass is 625 g/mol. The van der Waals surface area contributed by atoms with Crippen LogP contribution in [0.25, 0.3) is 10.9 Å². The summed E-state index contributed by atoms with van der Waals surface area (Å²) in [5.74, 6) is 0.0662. The maximum absolute atomic E-state index is 13.8. The minimum atomic E-state index is -4.15. The number of amides is 1. The Morgan fingerprint density at radius 3 is 2.62 bits per heavy atom. The van der Waals surface area contributed by atoms with E-state index in [1.54, 1.807) is 30.3 Å². The Kier molecular flexibility index (Phi) is 8.70. The molecule has 9 nitrogen and oxygen atoms in total. The van der Waals surface area contributed by atoms with Crippen LogP contribution in [0, 0.1) is 12.3 Å². The van der Waals surface area contributed by atoms with Crippen molar-refractivity contribution >= 4 is 55.9 Å². The summed E-state index contributed by atoms with van der Waals surface area (Å²) in [5.41, 5.74) is 8.69. The lowest BCUT2D eigenvalue weighted by Gasteiger charge is -2.24. The van der Waals surface area contributed by atoms with Crippen molar-refractivity contribution < 1.29 is 17.9 Å². The molecule has 4 N–H and O–H groups in total. The van der Waals surface area contributed by atoms with E-state index in [9.17, 15) is 13.2 Å². The number of nitrogen functional groups attached to an aromatic ring is 1. The normalized spacial score (nSPS) is 15.5. The summed E-state index contributed by atoms with van der Waals surface area (Å²) in [6.45, 7) is 2.19.